The van der Waals surface area contributed by atoms with Crippen LogP contribution in [-0.2, 0) is 17.8 Å². The van der Waals surface area contributed by atoms with Crippen LogP contribution in [0.1, 0.15) is 24.8 Å². The number of hydrogen-bond donors (Lipinski definition) is 1. The van der Waals surface area contributed by atoms with Gasteiger partial charge < -0.3 is 9.84 Å². The lowest BCUT2D eigenvalue weighted by Crippen LogP contribution is -2.41. The predicted octanol–water partition coefficient (Wildman–Crippen LogP) is 3.00. The fourth-order valence-corrected chi connectivity index (χ4v) is 3.34. The van der Waals surface area contributed by atoms with Crippen molar-refractivity contribution in [3.8, 4) is 17.2 Å². The zero-order chi connectivity index (χ0) is 24.2. The van der Waals surface area contributed by atoms with Crippen molar-refractivity contribution in [1.82, 2.24) is 24.5 Å². The summed E-state index contributed by atoms with van der Waals surface area (Å²) in [5, 5.41) is 11.4. The molecule has 0 saturated carbocycles. The number of amides is 1. The summed E-state index contributed by atoms with van der Waals surface area (Å²) >= 11 is 5.84. The molecule has 11 heteroatoms. The molecule has 10 nitrogen and oxygen atoms in total. The van der Waals surface area contributed by atoms with Gasteiger partial charge in [-0.1, -0.05) is 34.5 Å². The molecule has 174 valence electrons. The molecule has 0 atom stereocenters. The maximum Gasteiger partial charge on any atom is 0.352 e. The molecule has 0 unspecified atom stereocenters. The number of aromatic nitrogens is 5. The van der Waals surface area contributed by atoms with E-state index in [1.54, 1.807) is 43.3 Å². The predicted molar refractivity (Wildman–Crippen MR) is 126 cm³/mol. The Morgan fingerprint density at radius 1 is 1.09 bits per heavy atom. The number of nitrogens with one attached hydrogen (secondary N) is 1. The van der Waals surface area contributed by atoms with Gasteiger partial charge in [0, 0.05) is 30.1 Å². The molecule has 34 heavy (non-hydrogen) atoms. The van der Waals surface area contributed by atoms with Gasteiger partial charge in [-0.3, -0.25) is 14.2 Å². The molecular weight excluding hydrogens is 460 g/mol. The fraction of sp³-hybridized carbons (Fsp3) is 0.217. The fourth-order valence-electron chi connectivity index (χ4n) is 3.22. The Morgan fingerprint density at radius 3 is 2.47 bits per heavy atom. The summed E-state index contributed by atoms with van der Waals surface area (Å²) in [5.41, 5.74) is 0.822. The average molecular weight is 481 g/mol. The standard InChI is InChI=1S/C23H21ClN6O4/c1-3-29-22(32)20(27-30(23(29)33)17-10-4-14(2)5-11-17)21-26-19(34-28-21)13-12-18(31)25-16-8-6-15(24)7-9-16/h4-11H,3,12-13H2,1-2H3,(H,25,31). The first-order valence-corrected chi connectivity index (χ1v) is 10.9. The average Bonchev–Trinajstić information content (AvgIpc) is 3.29. The Kier molecular flexibility index (Phi) is 6.69. The van der Waals surface area contributed by atoms with Gasteiger partial charge in [0.1, 0.15) is 0 Å². The lowest BCUT2D eigenvalue weighted by atomic mass is 10.2. The summed E-state index contributed by atoms with van der Waals surface area (Å²) in [6.07, 6.45) is 0.242. The minimum Gasteiger partial charge on any atom is -0.339 e. The van der Waals surface area contributed by atoms with E-state index in [4.69, 9.17) is 16.1 Å². The SMILES string of the molecule is CCn1c(=O)c(-c2noc(CCC(=O)Nc3ccc(Cl)cc3)n2)nn(-c2ccc(C)cc2)c1=O. The van der Waals surface area contributed by atoms with E-state index in [1.807, 2.05) is 19.1 Å². The summed E-state index contributed by atoms with van der Waals surface area (Å²) < 4.78 is 7.41. The molecule has 2 aromatic carbocycles. The number of aryl methyl sites for hydroxylation is 2. The van der Waals surface area contributed by atoms with Crippen molar-refractivity contribution in [2.24, 2.45) is 0 Å². The Balaban J connectivity index is 1.56. The highest BCUT2D eigenvalue weighted by atomic mass is 35.5. The van der Waals surface area contributed by atoms with Crippen molar-refractivity contribution < 1.29 is 9.32 Å². The van der Waals surface area contributed by atoms with Gasteiger partial charge in [-0.2, -0.15) is 14.8 Å². The van der Waals surface area contributed by atoms with Crippen molar-refractivity contribution in [1.29, 1.82) is 0 Å². The first kappa shape index (κ1) is 23.1. The maximum absolute atomic E-state index is 12.9. The minimum absolute atomic E-state index is 0.0545. The summed E-state index contributed by atoms with van der Waals surface area (Å²) in [4.78, 5) is 42.1. The Morgan fingerprint density at radius 2 is 1.79 bits per heavy atom. The first-order valence-electron chi connectivity index (χ1n) is 10.6. The first-order chi connectivity index (χ1) is 16.4. The second-order valence-corrected chi connectivity index (χ2v) is 7.93. The second-order valence-electron chi connectivity index (χ2n) is 7.49. The summed E-state index contributed by atoms with van der Waals surface area (Å²) in [6.45, 7) is 3.76. The van der Waals surface area contributed by atoms with Gasteiger partial charge in [-0.05, 0) is 50.2 Å². The van der Waals surface area contributed by atoms with E-state index in [0.29, 0.717) is 16.4 Å². The van der Waals surface area contributed by atoms with Gasteiger partial charge in [0.15, 0.2) is 5.69 Å². The van der Waals surface area contributed by atoms with E-state index in [1.165, 1.54) is 0 Å². The van der Waals surface area contributed by atoms with Crippen molar-refractivity contribution in [3.63, 3.8) is 0 Å². The molecule has 0 aliphatic rings. The lowest BCUT2D eigenvalue weighted by molar-refractivity contribution is -0.116. The van der Waals surface area contributed by atoms with E-state index in [-0.39, 0.29) is 42.7 Å². The molecule has 1 N–H and O–H groups in total. The van der Waals surface area contributed by atoms with Crippen LogP contribution in [0.5, 0.6) is 0 Å². The Hall–Kier alpha value is -4.05. The van der Waals surface area contributed by atoms with Crippen LogP contribution in [0.4, 0.5) is 5.69 Å². The highest BCUT2D eigenvalue weighted by molar-refractivity contribution is 6.30. The zero-order valence-corrected chi connectivity index (χ0v) is 19.2. The van der Waals surface area contributed by atoms with Crippen LogP contribution < -0.4 is 16.6 Å². The van der Waals surface area contributed by atoms with Crippen molar-refractivity contribution in [2.75, 3.05) is 5.32 Å². The van der Waals surface area contributed by atoms with Crippen LogP contribution >= 0.6 is 11.6 Å². The lowest BCUT2D eigenvalue weighted by Gasteiger charge is -2.09. The molecule has 0 radical (unpaired) electrons. The molecule has 0 saturated heterocycles. The summed E-state index contributed by atoms with van der Waals surface area (Å²) in [7, 11) is 0. The molecule has 1 amide bonds. The van der Waals surface area contributed by atoms with E-state index < -0.39 is 11.2 Å². The monoisotopic (exact) mass is 480 g/mol. The summed E-state index contributed by atoms with van der Waals surface area (Å²) in [6, 6.07) is 13.9. The third kappa shape index (κ3) is 4.96. The van der Waals surface area contributed by atoms with E-state index in [9.17, 15) is 14.4 Å². The minimum atomic E-state index is -0.622. The van der Waals surface area contributed by atoms with E-state index in [0.717, 1.165) is 14.8 Å². The third-order valence-corrected chi connectivity index (χ3v) is 5.28. The van der Waals surface area contributed by atoms with Crippen LogP contribution in [0.2, 0.25) is 5.02 Å². The van der Waals surface area contributed by atoms with Gasteiger partial charge >= 0.3 is 5.69 Å². The molecule has 0 aliphatic carbocycles. The highest BCUT2D eigenvalue weighted by Gasteiger charge is 2.20. The third-order valence-electron chi connectivity index (χ3n) is 5.03. The number of anilines is 1. The van der Waals surface area contributed by atoms with Crippen LogP contribution in [-0.4, -0.2) is 30.4 Å². The number of carbonyl (C=O) groups excluding carboxylic acids is 1. The zero-order valence-electron chi connectivity index (χ0n) is 18.5. The van der Waals surface area contributed by atoms with E-state index in [2.05, 4.69) is 20.6 Å². The number of carbonyl (C=O) groups is 1. The van der Waals surface area contributed by atoms with Gasteiger partial charge in [0.25, 0.3) is 5.56 Å². The van der Waals surface area contributed by atoms with Gasteiger partial charge in [0.2, 0.25) is 17.6 Å². The largest absolute Gasteiger partial charge is 0.352 e. The van der Waals surface area contributed by atoms with Crippen LogP contribution in [0.15, 0.2) is 62.6 Å². The normalized spacial score (nSPS) is 10.9. The number of halogens is 1. The molecule has 0 aliphatic heterocycles. The molecule has 2 heterocycles. The van der Waals surface area contributed by atoms with Crippen molar-refractivity contribution in [2.45, 2.75) is 33.2 Å². The molecular formula is C23H21ClN6O4. The quantitative estimate of drug-likeness (QED) is 0.431. The number of hydrogen-bond acceptors (Lipinski definition) is 7. The molecule has 4 rings (SSSR count). The topological polar surface area (TPSA) is 125 Å². The van der Waals surface area contributed by atoms with E-state index >= 15 is 0 Å². The summed E-state index contributed by atoms with van der Waals surface area (Å²) in [5.74, 6) is -0.138. The van der Waals surface area contributed by atoms with Gasteiger partial charge in [-0.25, -0.2) is 4.79 Å². The van der Waals surface area contributed by atoms with Crippen LogP contribution in [0, 0.1) is 6.92 Å². The number of rotatable bonds is 7. The molecule has 0 fully saturated rings. The number of benzene rings is 2. The highest BCUT2D eigenvalue weighted by Crippen LogP contribution is 2.15. The smallest absolute Gasteiger partial charge is 0.339 e. The van der Waals surface area contributed by atoms with Gasteiger partial charge in [0.05, 0.1) is 5.69 Å². The second kappa shape index (κ2) is 9.84. The molecule has 4 aromatic rings. The molecule has 0 bridgehead atoms. The molecule has 2 aromatic heterocycles. The van der Waals surface area contributed by atoms with Crippen LogP contribution in [0.3, 0.4) is 0 Å². The van der Waals surface area contributed by atoms with Crippen molar-refractivity contribution in [3.05, 3.63) is 85.8 Å². The molecule has 0 spiro atoms. The van der Waals surface area contributed by atoms with Gasteiger partial charge in [-0.15, -0.1) is 0 Å². The van der Waals surface area contributed by atoms with Crippen molar-refractivity contribution >= 4 is 23.2 Å². The number of nitrogens with zero attached hydrogens (tertiary/aromatic N) is 5. The Bertz CT molecular complexity index is 1440. The Labute approximate surface area is 198 Å². The maximum atomic E-state index is 12.9. The van der Waals surface area contributed by atoms with Crippen LogP contribution in [0.25, 0.3) is 17.2 Å².